The first kappa shape index (κ1) is 41.7. The molecule has 0 fully saturated rings. The zero-order valence-electron chi connectivity index (χ0n) is 32.6. The highest BCUT2D eigenvalue weighted by molar-refractivity contribution is 5.99. The van der Waals surface area contributed by atoms with Crippen LogP contribution in [0.3, 0.4) is 0 Å². The van der Waals surface area contributed by atoms with Crippen molar-refractivity contribution in [3.63, 3.8) is 0 Å². The van der Waals surface area contributed by atoms with E-state index < -0.39 is 41.8 Å². The van der Waals surface area contributed by atoms with Crippen molar-refractivity contribution in [1.29, 1.82) is 0 Å². The molecule has 0 unspecified atom stereocenters. The van der Waals surface area contributed by atoms with Crippen molar-refractivity contribution in [3.8, 4) is 11.5 Å². The fraction of sp³-hybridized carbons (Fsp3) is 0.128. The number of hydrogen-bond acceptors (Lipinski definition) is 7. The number of carbonyl (C=O) groups excluding carboxylic acids is 4. The maximum atomic E-state index is 14.4. The third kappa shape index (κ3) is 12.0. The Bertz CT molecular complexity index is 2370. The number of ether oxygens (including phenoxy) is 2. The molecule has 6 rings (SSSR count). The van der Waals surface area contributed by atoms with Gasteiger partial charge in [0.25, 0.3) is 5.91 Å². The molecule has 9 N–H and O–H groups in total. The van der Waals surface area contributed by atoms with E-state index in [1.165, 1.54) is 0 Å². The first-order valence-corrected chi connectivity index (χ1v) is 19.1. The Morgan fingerprint density at radius 1 is 0.500 bits per heavy atom. The van der Waals surface area contributed by atoms with Gasteiger partial charge in [0.05, 0.1) is 5.69 Å². The summed E-state index contributed by atoms with van der Waals surface area (Å²) in [5.41, 5.74) is 21.2. The number of aliphatic imine (C=N–C) groups is 1. The number of nitrogens with one attached hydrogen (secondary N) is 3. The smallest absolute Gasteiger partial charge is 0.252 e. The molecule has 0 saturated heterocycles. The van der Waals surface area contributed by atoms with Crippen molar-refractivity contribution >= 4 is 35.3 Å². The fourth-order valence-electron chi connectivity index (χ4n) is 6.22. The van der Waals surface area contributed by atoms with Crippen molar-refractivity contribution in [2.24, 2.45) is 22.2 Å². The second-order valence-corrected chi connectivity index (χ2v) is 13.8. The largest absolute Gasteiger partial charge is 0.489 e. The molecule has 0 heterocycles. The third-order valence-corrected chi connectivity index (χ3v) is 9.34. The van der Waals surface area contributed by atoms with Crippen LogP contribution in [0.1, 0.15) is 50.3 Å². The Hall–Kier alpha value is -7.93. The Balaban J connectivity index is 1.24. The summed E-state index contributed by atoms with van der Waals surface area (Å²) in [6.07, 6.45) is -0.0248. The molecule has 0 aliphatic rings. The maximum Gasteiger partial charge on any atom is 0.252 e. The van der Waals surface area contributed by atoms with Gasteiger partial charge in [-0.15, -0.1) is 0 Å². The molecule has 13 nitrogen and oxygen atoms in total. The highest BCUT2D eigenvalue weighted by Gasteiger charge is 2.31. The molecule has 0 saturated carbocycles. The highest BCUT2D eigenvalue weighted by atomic mass is 16.5. The molecule has 6 aromatic carbocycles. The van der Waals surface area contributed by atoms with Crippen LogP contribution in [0, 0.1) is 0 Å². The van der Waals surface area contributed by atoms with Gasteiger partial charge in [0.2, 0.25) is 17.7 Å². The maximum absolute atomic E-state index is 14.4. The number of nitrogens with two attached hydrogens (primary N) is 3. The Morgan fingerprint density at radius 2 is 0.983 bits per heavy atom. The average molecular weight is 804 g/mol. The van der Waals surface area contributed by atoms with E-state index in [1.807, 2.05) is 60.7 Å². The zero-order chi connectivity index (χ0) is 42.3. The van der Waals surface area contributed by atoms with Gasteiger partial charge < -0.3 is 42.6 Å². The van der Waals surface area contributed by atoms with Gasteiger partial charge in [0.1, 0.15) is 42.8 Å². The van der Waals surface area contributed by atoms with Gasteiger partial charge in [0.15, 0.2) is 5.96 Å². The number of hydrogen-bond donors (Lipinski definition) is 6. The van der Waals surface area contributed by atoms with E-state index in [0.717, 1.165) is 11.1 Å². The second kappa shape index (κ2) is 20.5. The van der Waals surface area contributed by atoms with Crippen LogP contribution < -0.4 is 42.6 Å². The normalized spacial score (nSPS) is 12.1. The van der Waals surface area contributed by atoms with Crippen LogP contribution in [0.25, 0.3) is 0 Å². The molecule has 13 heteroatoms. The van der Waals surface area contributed by atoms with Crippen molar-refractivity contribution in [2.45, 2.75) is 37.8 Å². The van der Waals surface area contributed by atoms with Crippen LogP contribution in [0.15, 0.2) is 169 Å². The Morgan fingerprint density at radius 3 is 1.47 bits per heavy atom. The molecular weight excluding hydrogens is 759 g/mol. The standard InChI is InChI=1S/C47H45N7O6/c48-43(55)41(34-18-24-38(25-19-34)59-29-32-10-4-1-5-11-32)53-45(57)40(28-31-16-22-37(23-17-31)51-47(49)50)52-46(58)42(54-44(56)36-14-8-3-9-15-36)35-20-26-39(27-21-35)60-30-33-12-6-2-7-13-33/h1-27,40-42H,28-30H2,(H2,48,55)(H,52,58)(H,53,57)(H,54,56)(H4,49,50,51)/t40-,41+,42-/m0/s1. The monoisotopic (exact) mass is 803 g/mol. The molecule has 0 radical (unpaired) electrons. The number of benzene rings is 6. The van der Waals surface area contributed by atoms with E-state index in [-0.39, 0.29) is 12.4 Å². The minimum absolute atomic E-state index is 0.0248. The number of guanidine groups is 1. The van der Waals surface area contributed by atoms with Crippen molar-refractivity contribution in [3.05, 3.63) is 197 Å². The lowest BCUT2D eigenvalue weighted by molar-refractivity contribution is -0.132. The topological polar surface area (TPSA) is 213 Å². The number of carbonyl (C=O) groups is 4. The predicted octanol–water partition coefficient (Wildman–Crippen LogP) is 5.29. The van der Waals surface area contributed by atoms with Crippen LogP contribution in [-0.2, 0) is 34.0 Å². The third-order valence-electron chi connectivity index (χ3n) is 9.34. The summed E-state index contributed by atoms with van der Waals surface area (Å²) in [5, 5.41) is 8.38. The zero-order valence-corrected chi connectivity index (χ0v) is 32.6. The molecule has 0 spiro atoms. The first-order valence-electron chi connectivity index (χ1n) is 19.1. The number of rotatable bonds is 18. The molecule has 0 aromatic heterocycles. The molecule has 0 aliphatic carbocycles. The van der Waals surface area contributed by atoms with Gasteiger partial charge >= 0.3 is 0 Å². The summed E-state index contributed by atoms with van der Waals surface area (Å²) in [4.78, 5) is 59.0. The van der Waals surface area contributed by atoms with Gasteiger partial charge in [0, 0.05) is 12.0 Å². The summed E-state index contributed by atoms with van der Waals surface area (Å²) >= 11 is 0. The lowest BCUT2D eigenvalue weighted by atomic mass is 10.0. The lowest BCUT2D eigenvalue weighted by Crippen LogP contribution is -2.53. The van der Waals surface area contributed by atoms with Gasteiger partial charge in [-0.3, -0.25) is 19.2 Å². The van der Waals surface area contributed by atoms with Crippen LogP contribution in [0.4, 0.5) is 5.69 Å². The molecular formula is C47H45N7O6. The number of primary amides is 1. The Kier molecular flexibility index (Phi) is 14.2. The summed E-state index contributed by atoms with van der Waals surface area (Å²) in [6, 6.07) is 44.0. The van der Waals surface area contributed by atoms with Gasteiger partial charge in [-0.25, -0.2) is 4.99 Å². The van der Waals surface area contributed by atoms with Crippen LogP contribution >= 0.6 is 0 Å². The average Bonchev–Trinajstić information content (AvgIpc) is 3.27. The molecule has 0 aliphatic heterocycles. The summed E-state index contributed by atoms with van der Waals surface area (Å²) in [6.45, 7) is 0.667. The second-order valence-electron chi connectivity index (χ2n) is 13.8. The van der Waals surface area contributed by atoms with E-state index in [2.05, 4.69) is 20.9 Å². The molecule has 60 heavy (non-hydrogen) atoms. The fourth-order valence-corrected chi connectivity index (χ4v) is 6.22. The predicted molar refractivity (Wildman–Crippen MR) is 229 cm³/mol. The van der Waals surface area contributed by atoms with Crippen molar-refractivity contribution in [2.75, 3.05) is 0 Å². The summed E-state index contributed by atoms with van der Waals surface area (Å²) in [5.74, 6) is -1.76. The Labute approximate surface area is 347 Å². The van der Waals surface area contributed by atoms with E-state index in [9.17, 15) is 19.2 Å². The number of amides is 4. The van der Waals surface area contributed by atoms with E-state index >= 15 is 0 Å². The molecule has 3 atom stereocenters. The van der Waals surface area contributed by atoms with Gasteiger partial charge in [-0.1, -0.05) is 115 Å². The molecule has 4 amide bonds. The van der Waals surface area contributed by atoms with Gasteiger partial charge in [-0.2, -0.15) is 0 Å². The van der Waals surface area contributed by atoms with Crippen LogP contribution in [0.5, 0.6) is 11.5 Å². The first-order chi connectivity index (χ1) is 29.1. The van der Waals surface area contributed by atoms with Crippen LogP contribution in [0.2, 0.25) is 0 Å². The SMILES string of the molecule is NC(=O)[C@H](NC(=O)[C@H](Cc1ccc(N=C(N)N)cc1)NC(=O)[C@@H](NC(=O)c1ccccc1)c1ccc(OCc2ccccc2)cc1)c1ccc(OCc2ccccc2)cc1. The summed E-state index contributed by atoms with van der Waals surface area (Å²) in [7, 11) is 0. The van der Waals surface area contributed by atoms with Crippen LogP contribution in [-0.4, -0.2) is 35.6 Å². The van der Waals surface area contributed by atoms with Crippen molar-refractivity contribution < 1.29 is 28.7 Å². The van der Waals surface area contributed by atoms with Crippen molar-refractivity contribution in [1.82, 2.24) is 16.0 Å². The molecule has 6 aromatic rings. The molecule has 0 bridgehead atoms. The number of nitrogens with zero attached hydrogens (tertiary/aromatic N) is 1. The minimum atomic E-state index is -1.26. The van der Waals surface area contributed by atoms with Gasteiger partial charge in [-0.05, 0) is 76.3 Å². The highest BCUT2D eigenvalue weighted by Crippen LogP contribution is 2.23. The van der Waals surface area contributed by atoms with E-state index in [4.69, 9.17) is 26.7 Å². The lowest BCUT2D eigenvalue weighted by Gasteiger charge is -2.25. The van der Waals surface area contributed by atoms with E-state index in [0.29, 0.717) is 52.7 Å². The molecule has 304 valence electrons. The minimum Gasteiger partial charge on any atom is -0.489 e. The quantitative estimate of drug-likeness (QED) is 0.0495. The van der Waals surface area contributed by atoms with E-state index in [1.54, 1.807) is 103 Å². The summed E-state index contributed by atoms with van der Waals surface area (Å²) < 4.78 is 11.8.